The first kappa shape index (κ1) is 20.5. The van der Waals surface area contributed by atoms with Crippen molar-refractivity contribution in [1.82, 2.24) is 15.3 Å². The van der Waals surface area contributed by atoms with Crippen molar-refractivity contribution in [3.63, 3.8) is 0 Å². The number of ether oxygens (including phenoxy) is 1. The first-order chi connectivity index (χ1) is 13.1. The maximum Gasteiger partial charge on any atom is 1.00 e. The van der Waals surface area contributed by atoms with Crippen LogP contribution in [0, 0.1) is 0 Å². The number of rotatable bonds is 5. The van der Waals surface area contributed by atoms with E-state index in [1.165, 1.54) is 0 Å². The molecule has 28 heavy (non-hydrogen) atoms. The van der Waals surface area contributed by atoms with E-state index >= 15 is 0 Å². The van der Waals surface area contributed by atoms with Crippen LogP contribution in [0.2, 0.25) is 0 Å². The predicted octanol–water partition coefficient (Wildman–Crippen LogP) is -1.85. The Labute approximate surface area is 183 Å². The second-order valence-corrected chi connectivity index (χ2v) is 6.53. The molecular formula is C20H18N3NaO4. The minimum atomic E-state index is -1.27. The van der Waals surface area contributed by atoms with Crippen LogP contribution in [0.1, 0.15) is 18.4 Å². The molecule has 0 saturated carbocycles. The van der Waals surface area contributed by atoms with E-state index in [9.17, 15) is 14.7 Å². The summed E-state index contributed by atoms with van der Waals surface area (Å²) in [7, 11) is 0. The number of benzene rings is 2. The van der Waals surface area contributed by atoms with Crippen LogP contribution >= 0.6 is 0 Å². The SMILES string of the molecule is O=C([O-])[C@@H]1CC[C@H](C(=O)NCc2ccc(-c3nc4ccccc4[nH]3)cc2)O1.[Na+]. The van der Waals surface area contributed by atoms with Crippen LogP contribution in [0.15, 0.2) is 48.5 Å². The Morgan fingerprint density at radius 2 is 1.82 bits per heavy atom. The summed E-state index contributed by atoms with van der Waals surface area (Å²) in [6, 6.07) is 15.6. The molecule has 2 N–H and O–H groups in total. The second-order valence-electron chi connectivity index (χ2n) is 6.53. The normalized spacial score (nSPS) is 18.6. The number of para-hydroxylation sites is 2. The van der Waals surface area contributed by atoms with Gasteiger partial charge in [-0.25, -0.2) is 4.98 Å². The molecule has 2 atom stereocenters. The monoisotopic (exact) mass is 387 g/mol. The summed E-state index contributed by atoms with van der Waals surface area (Å²) in [4.78, 5) is 30.7. The van der Waals surface area contributed by atoms with Crippen molar-refractivity contribution in [3.05, 3.63) is 54.1 Å². The van der Waals surface area contributed by atoms with E-state index in [1.54, 1.807) is 0 Å². The Morgan fingerprint density at radius 1 is 1.11 bits per heavy atom. The van der Waals surface area contributed by atoms with Gasteiger partial charge >= 0.3 is 29.6 Å². The van der Waals surface area contributed by atoms with E-state index < -0.39 is 18.2 Å². The number of hydrogen-bond donors (Lipinski definition) is 2. The molecular weight excluding hydrogens is 369 g/mol. The van der Waals surface area contributed by atoms with Crippen LogP contribution in [0.25, 0.3) is 22.4 Å². The summed E-state index contributed by atoms with van der Waals surface area (Å²) in [6.45, 7) is 0.342. The van der Waals surface area contributed by atoms with E-state index in [-0.39, 0.29) is 35.5 Å². The van der Waals surface area contributed by atoms with Gasteiger partial charge in [0, 0.05) is 12.1 Å². The molecule has 2 heterocycles. The number of imidazole rings is 1. The fraction of sp³-hybridized carbons (Fsp3) is 0.250. The fourth-order valence-electron chi connectivity index (χ4n) is 3.18. The zero-order valence-electron chi connectivity index (χ0n) is 15.5. The molecule has 0 unspecified atom stereocenters. The Morgan fingerprint density at radius 3 is 2.50 bits per heavy atom. The molecule has 1 saturated heterocycles. The smallest absolute Gasteiger partial charge is 0.547 e. The molecule has 2 aromatic carbocycles. The maximum atomic E-state index is 12.1. The Hall–Kier alpha value is -2.19. The van der Waals surface area contributed by atoms with Crippen LogP contribution in [-0.2, 0) is 20.9 Å². The van der Waals surface area contributed by atoms with Crippen LogP contribution < -0.4 is 40.0 Å². The van der Waals surface area contributed by atoms with Crippen molar-refractivity contribution in [2.24, 2.45) is 0 Å². The minimum absolute atomic E-state index is 0. The number of carbonyl (C=O) groups excluding carboxylic acids is 2. The van der Waals surface area contributed by atoms with Crippen molar-refractivity contribution < 1.29 is 49.0 Å². The van der Waals surface area contributed by atoms with Gasteiger partial charge in [0.05, 0.1) is 23.1 Å². The van der Waals surface area contributed by atoms with E-state index in [0.717, 1.165) is 28.0 Å². The number of fused-ring (bicyclic) bond motifs is 1. The maximum absolute atomic E-state index is 12.1. The van der Waals surface area contributed by atoms with Crippen molar-refractivity contribution in [2.45, 2.75) is 31.6 Å². The molecule has 4 rings (SSSR count). The molecule has 1 aromatic heterocycles. The summed E-state index contributed by atoms with van der Waals surface area (Å²) < 4.78 is 5.19. The van der Waals surface area contributed by atoms with E-state index in [0.29, 0.717) is 19.4 Å². The van der Waals surface area contributed by atoms with Gasteiger partial charge in [-0.05, 0) is 30.5 Å². The average molecular weight is 387 g/mol. The van der Waals surface area contributed by atoms with Gasteiger partial charge in [0.1, 0.15) is 11.9 Å². The third-order valence-electron chi connectivity index (χ3n) is 4.66. The number of amides is 1. The number of nitrogens with zero attached hydrogens (tertiary/aromatic N) is 1. The van der Waals surface area contributed by atoms with Gasteiger partial charge < -0.3 is 24.9 Å². The number of aromatic amines is 1. The van der Waals surface area contributed by atoms with Crippen LogP contribution in [0.3, 0.4) is 0 Å². The number of carboxylic acids is 1. The summed E-state index contributed by atoms with van der Waals surface area (Å²) in [5.74, 6) is -0.786. The molecule has 0 bridgehead atoms. The van der Waals surface area contributed by atoms with E-state index in [2.05, 4.69) is 15.3 Å². The van der Waals surface area contributed by atoms with Gasteiger partial charge in [-0.15, -0.1) is 0 Å². The molecule has 0 radical (unpaired) electrons. The molecule has 0 spiro atoms. The summed E-state index contributed by atoms with van der Waals surface area (Å²) >= 11 is 0. The van der Waals surface area contributed by atoms with E-state index in [4.69, 9.17) is 4.74 Å². The third-order valence-corrected chi connectivity index (χ3v) is 4.66. The number of aliphatic carboxylic acids is 1. The van der Waals surface area contributed by atoms with Gasteiger partial charge in [0.25, 0.3) is 0 Å². The van der Waals surface area contributed by atoms with Crippen molar-refractivity contribution in [3.8, 4) is 11.4 Å². The quantitative estimate of drug-likeness (QED) is 0.500. The van der Waals surface area contributed by atoms with Crippen LogP contribution in [-0.4, -0.2) is 34.1 Å². The number of H-pyrrole nitrogens is 1. The Kier molecular flexibility index (Phi) is 6.51. The van der Waals surface area contributed by atoms with Crippen molar-refractivity contribution in [2.75, 3.05) is 0 Å². The first-order valence-corrected chi connectivity index (χ1v) is 8.78. The van der Waals surface area contributed by atoms with Gasteiger partial charge in [0.2, 0.25) is 5.91 Å². The number of carboxylic acid groups (broad SMARTS) is 1. The number of nitrogens with one attached hydrogen (secondary N) is 2. The van der Waals surface area contributed by atoms with Gasteiger partial charge in [-0.1, -0.05) is 36.4 Å². The first-order valence-electron chi connectivity index (χ1n) is 8.78. The largest absolute Gasteiger partial charge is 1.00 e. The molecule has 1 amide bonds. The molecule has 8 heteroatoms. The molecule has 1 aliphatic rings. The van der Waals surface area contributed by atoms with E-state index in [1.807, 2.05) is 48.5 Å². The number of hydrogen-bond acceptors (Lipinski definition) is 5. The van der Waals surface area contributed by atoms with Crippen LogP contribution in [0.5, 0.6) is 0 Å². The fourth-order valence-corrected chi connectivity index (χ4v) is 3.18. The second kappa shape index (κ2) is 8.87. The zero-order chi connectivity index (χ0) is 18.8. The average Bonchev–Trinajstić information content (AvgIpc) is 3.33. The van der Waals surface area contributed by atoms with Crippen molar-refractivity contribution in [1.29, 1.82) is 0 Å². The zero-order valence-corrected chi connectivity index (χ0v) is 17.5. The molecule has 1 aliphatic heterocycles. The minimum Gasteiger partial charge on any atom is -0.547 e. The predicted molar refractivity (Wildman–Crippen MR) is 96.3 cm³/mol. The summed E-state index contributed by atoms with van der Waals surface area (Å²) in [6.07, 6.45) is -1.05. The van der Waals surface area contributed by atoms with Crippen LogP contribution in [0.4, 0.5) is 0 Å². The molecule has 1 fully saturated rings. The Bertz CT molecular complexity index is 954. The third kappa shape index (κ3) is 4.44. The van der Waals surface area contributed by atoms with Gasteiger partial charge in [-0.2, -0.15) is 0 Å². The summed E-state index contributed by atoms with van der Waals surface area (Å²) in [5.41, 5.74) is 3.78. The molecule has 0 aliphatic carbocycles. The number of aromatic nitrogens is 2. The topological polar surface area (TPSA) is 107 Å². The summed E-state index contributed by atoms with van der Waals surface area (Å²) in [5, 5.41) is 13.6. The Balaban J connectivity index is 0.00000225. The number of carbonyl (C=O) groups is 2. The van der Waals surface area contributed by atoms with Gasteiger partial charge in [0.15, 0.2) is 0 Å². The molecule has 3 aromatic rings. The van der Waals surface area contributed by atoms with Gasteiger partial charge in [-0.3, -0.25) is 4.79 Å². The standard InChI is InChI=1S/C20H19N3O4.Na/c24-19(16-9-10-17(27-16)20(25)26)21-11-12-5-7-13(8-6-12)18-22-14-3-1-2-4-15(14)23-18;/h1-8,16-17H,9-11H2,(H,21,24)(H,22,23)(H,25,26);/q;+1/p-1/t16-,17+;/m1./s1. The molecule has 138 valence electrons. The van der Waals surface area contributed by atoms with Crippen molar-refractivity contribution >= 4 is 22.9 Å². The molecule has 7 nitrogen and oxygen atoms in total.